The van der Waals surface area contributed by atoms with Crippen LogP contribution in [0.2, 0.25) is 0 Å². The van der Waals surface area contributed by atoms with Gasteiger partial charge in [0.1, 0.15) is 0 Å². The number of alkyl halides is 3. The van der Waals surface area contributed by atoms with Gasteiger partial charge in [0.25, 0.3) is 0 Å². The summed E-state index contributed by atoms with van der Waals surface area (Å²) in [4.78, 5) is 15.3. The fourth-order valence-corrected chi connectivity index (χ4v) is 2.64. The van der Waals surface area contributed by atoms with Gasteiger partial charge in [-0.15, -0.1) is 0 Å². The predicted molar refractivity (Wildman–Crippen MR) is 95.5 cm³/mol. The molecule has 0 aliphatic carbocycles. The highest BCUT2D eigenvalue weighted by atomic mass is 19.4. The quantitative estimate of drug-likeness (QED) is 0.670. The number of benzene rings is 2. The maximum atomic E-state index is 12.9. The van der Waals surface area contributed by atoms with E-state index in [-0.39, 0.29) is 11.4 Å². The number of hydrogen-bond donors (Lipinski definition) is 2. The number of fused-ring (bicyclic) bond motifs is 1. The van der Waals surface area contributed by atoms with Crippen LogP contribution in [0.1, 0.15) is 18.2 Å². The molecule has 0 fully saturated rings. The molecule has 0 bridgehead atoms. The van der Waals surface area contributed by atoms with Crippen molar-refractivity contribution in [1.29, 1.82) is 0 Å². The molecule has 0 saturated heterocycles. The van der Waals surface area contributed by atoms with Crippen LogP contribution in [0.15, 0.2) is 48.5 Å². The molecule has 0 atom stereocenters. The molecule has 0 radical (unpaired) electrons. The number of anilines is 3. The second-order valence-corrected chi connectivity index (χ2v) is 5.92. The summed E-state index contributed by atoms with van der Waals surface area (Å²) in [5.41, 5.74) is 2.22. The van der Waals surface area contributed by atoms with E-state index in [2.05, 4.69) is 15.6 Å². The van der Waals surface area contributed by atoms with Gasteiger partial charge in [0.2, 0.25) is 5.91 Å². The number of nitrogens with zero attached hydrogens (tertiary/aromatic N) is 1. The number of aromatic nitrogens is 1. The fraction of sp³-hybridized carbons (Fsp3) is 0.158. The topological polar surface area (TPSA) is 54.0 Å². The van der Waals surface area contributed by atoms with Crippen LogP contribution in [0, 0.1) is 6.92 Å². The first-order valence-corrected chi connectivity index (χ1v) is 7.86. The third-order valence-corrected chi connectivity index (χ3v) is 3.75. The highest BCUT2D eigenvalue weighted by Gasteiger charge is 2.30. The van der Waals surface area contributed by atoms with Gasteiger partial charge in [-0.25, -0.2) is 0 Å². The first-order valence-electron chi connectivity index (χ1n) is 7.86. The van der Waals surface area contributed by atoms with Crippen LogP contribution >= 0.6 is 0 Å². The maximum Gasteiger partial charge on any atom is 0.416 e. The van der Waals surface area contributed by atoms with Crippen LogP contribution in [0.3, 0.4) is 0 Å². The first-order chi connectivity index (χ1) is 12.2. The van der Waals surface area contributed by atoms with E-state index in [0.29, 0.717) is 22.5 Å². The molecule has 1 amide bonds. The molecule has 0 spiro atoms. The Bertz CT molecular complexity index is 966. The van der Waals surface area contributed by atoms with Gasteiger partial charge in [-0.3, -0.25) is 9.78 Å². The SMILES string of the molecule is CC(=O)Nc1ccc(Nc2cc(C)nc3cc(C(F)(F)F)ccc23)cc1. The van der Waals surface area contributed by atoms with E-state index < -0.39 is 11.7 Å². The summed E-state index contributed by atoms with van der Waals surface area (Å²) in [5.74, 6) is -0.165. The number of carbonyl (C=O) groups is 1. The molecule has 2 aromatic carbocycles. The van der Waals surface area contributed by atoms with Gasteiger partial charge in [-0.1, -0.05) is 6.07 Å². The Kier molecular flexibility index (Phi) is 4.54. The summed E-state index contributed by atoms with van der Waals surface area (Å²) in [6, 6.07) is 12.3. The minimum Gasteiger partial charge on any atom is -0.355 e. The van der Waals surface area contributed by atoms with Gasteiger partial charge in [0, 0.05) is 35.1 Å². The van der Waals surface area contributed by atoms with E-state index >= 15 is 0 Å². The van der Waals surface area contributed by atoms with Crippen LogP contribution in [-0.2, 0) is 11.0 Å². The standard InChI is InChI=1S/C19H16F3N3O/c1-11-9-17(25-15-6-4-14(5-7-15)24-12(2)26)16-8-3-13(19(20,21)22)10-18(16)23-11/h3-10H,1-2H3,(H,23,25)(H,24,26). The molecular formula is C19H16F3N3O. The van der Waals surface area contributed by atoms with Crippen molar-refractivity contribution in [3.63, 3.8) is 0 Å². The van der Waals surface area contributed by atoms with Crippen LogP contribution in [0.5, 0.6) is 0 Å². The Balaban J connectivity index is 1.95. The van der Waals surface area contributed by atoms with Gasteiger partial charge >= 0.3 is 6.18 Å². The molecule has 134 valence electrons. The summed E-state index contributed by atoms with van der Waals surface area (Å²) >= 11 is 0. The largest absolute Gasteiger partial charge is 0.416 e. The van der Waals surface area contributed by atoms with Crippen molar-refractivity contribution in [2.24, 2.45) is 0 Å². The highest BCUT2D eigenvalue weighted by Crippen LogP contribution is 2.34. The smallest absolute Gasteiger partial charge is 0.355 e. The highest BCUT2D eigenvalue weighted by molar-refractivity contribution is 5.94. The van der Waals surface area contributed by atoms with Crippen molar-refractivity contribution in [1.82, 2.24) is 4.98 Å². The summed E-state index contributed by atoms with van der Waals surface area (Å²) in [5, 5.41) is 6.46. The molecule has 0 aliphatic heterocycles. The zero-order valence-corrected chi connectivity index (χ0v) is 14.1. The van der Waals surface area contributed by atoms with E-state index in [1.54, 1.807) is 37.3 Å². The number of halogens is 3. The molecule has 4 nitrogen and oxygen atoms in total. The molecule has 1 aromatic heterocycles. The van der Waals surface area contributed by atoms with Crippen molar-refractivity contribution < 1.29 is 18.0 Å². The molecule has 0 aliphatic rings. The van der Waals surface area contributed by atoms with Crippen LogP contribution < -0.4 is 10.6 Å². The Hall–Kier alpha value is -3.09. The minimum absolute atomic E-state index is 0.165. The second kappa shape index (κ2) is 6.67. The third-order valence-electron chi connectivity index (χ3n) is 3.75. The predicted octanol–water partition coefficient (Wildman–Crippen LogP) is 5.26. The average molecular weight is 359 g/mol. The summed E-state index contributed by atoms with van der Waals surface area (Å²) in [6.45, 7) is 3.15. The number of nitrogens with one attached hydrogen (secondary N) is 2. The van der Waals surface area contributed by atoms with E-state index in [0.717, 1.165) is 17.8 Å². The Morgan fingerprint density at radius 2 is 1.65 bits per heavy atom. The monoisotopic (exact) mass is 359 g/mol. The summed E-state index contributed by atoms with van der Waals surface area (Å²) in [6.07, 6.45) is -4.41. The lowest BCUT2D eigenvalue weighted by molar-refractivity contribution is -0.137. The van der Waals surface area contributed by atoms with Crippen molar-refractivity contribution in [2.75, 3.05) is 10.6 Å². The lowest BCUT2D eigenvalue weighted by Gasteiger charge is -2.13. The van der Waals surface area contributed by atoms with Gasteiger partial charge < -0.3 is 10.6 Å². The average Bonchev–Trinajstić information content (AvgIpc) is 2.54. The molecule has 0 saturated carbocycles. The van der Waals surface area contributed by atoms with Crippen molar-refractivity contribution in [2.45, 2.75) is 20.0 Å². The fourth-order valence-electron chi connectivity index (χ4n) is 2.64. The molecule has 2 N–H and O–H groups in total. The Labute approximate surface area is 148 Å². The number of carbonyl (C=O) groups excluding carboxylic acids is 1. The van der Waals surface area contributed by atoms with Crippen molar-refractivity contribution in [3.05, 3.63) is 59.8 Å². The number of rotatable bonds is 3. The number of pyridine rings is 1. The van der Waals surface area contributed by atoms with Crippen LogP contribution in [0.25, 0.3) is 10.9 Å². The molecule has 0 unspecified atom stereocenters. The van der Waals surface area contributed by atoms with Gasteiger partial charge in [-0.2, -0.15) is 13.2 Å². The van der Waals surface area contributed by atoms with Gasteiger partial charge in [0.15, 0.2) is 0 Å². The third kappa shape index (κ3) is 3.93. The minimum atomic E-state index is -4.41. The van der Waals surface area contributed by atoms with E-state index in [9.17, 15) is 18.0 Å². The summed E-state index contributed by atoms with van der Waals surface area (Å²) in [7, 11) is 0. The van der Waals surface area contributed by atoms with E-state index in [1.165, 1.54) is 13.0 Å². The molecule has 3 rings (SSSR count). The van der Waals surface area contributed by atoms with Crippen molar-refractivity contribution in [3.8, 4) is 0 Å². The van der Waals surface area contributed by atoms with Crippen LogP contribution in [0.4, 0.5) is 30.2 Å². The number of hydrogen-bond acceptors (Lipinski definition) is 3. The summed E-state index contributed by atoms with van der Waals surface area (Å²) < 4.78 is 38.8. The van der Waals surface area contributed by atoms with Crippen molar-refractivity contribution >= 4 is 33.9 Å². The lowest BCUT2D eigenvalue weighted by Crippen LogP contribution is -2.05. The molecular weight excluding hydrogens is 343 g/mol. The molecule has 1 heterocycles. The Morgan fingerprint density at radius 3 is 2.27 bits per heavy atom. The van der Waals surface area contributed by atoms with E-state index in [4.69, 9.17) is 0 Å². The lowest BCUT2D eigenvalue weighted by atomic mass is 10.1. The molecule has 7 heteroatoms. The molecule has 3 aromatic rings. The van der Waals surface area contributed by atoms with Gasteiger partial charge in [0.05, 0.1) is 11.1 Å². The zero-order chi connectivity index (χ0) is 18.9. The normalized spacial score (nSPS) is 11.4. The number of amides is 1. The van der Waals surface area contributed by atoms with Gasteiger partial charge in [-0.05, 0) is 49.4 Å². The number of aryl methyl sites for hydroxylation is 1. The Morgan fingerprint density at radius 1 is 1.00 bits per heavy atom. The second-order valence-electron chi connectivity index (χ2n) is 5.92. The van der Waals surface area contributed by atoms with Crippen LogP contribution in [-0.4, -0.2) is 10.9 Å². The molecule has 26 heavy (non-hydrogen) atoms. The first kappa shape index (κ1) is 17.7. The zero-order valence-electron chi connectivity index (χ0n) is 14.1. The maximum absolute atomic E-state index is 12.9. The van der Waals surface area contributed by atoms with E-state index in [1.807, 2.05) is 0 Å².